The second kappa shape index (κ2) is 5.49. The topological polar surface area (TPSA) is 102 Å². The molecule has 0 aliphatic carbocycles. The highest BCUT2D eigenvalue weighted by Gasteiger charge is 2.16. The lowest BCUT2D eigenvalue weighted by molar-refractivity contribution is -0.384. The van der Waals surface area contributed by atoms with Gasteiger partial charge in [-0.05, 0) is 13.0 Å². The Morgan fingerprint density at radius 2 is 2.09 bits per heavy atom. The van der Waals surface area contributed by atoms with E-state index in [1.54, 1.807) is 18.2 Å². The fourth-order valence-corrected chi connectivity index (χ4v) is 2.97. The number of H-pyrrole nitrogens is 1. The summed E-state index contributed by atoms with van der Waals surface area (Å²) in [7, 11) is 0. The number of benzene rings is 1. The highest BCUT2D eigenvalue weighted by molar-refractivity contribution is 7.15. The normalized spacial score (nSPS) is 10.6. The Kier molecular flexibility index (Phi) is 3.51. The first-order chi connectivity index (χ1) is 10.5. The monoisotopic (exact) mass is 314 g/mol. The molecule has 8 heteroatoms. The molecular weight excluding hydrogens is 304 g/mol. The Bertz CT molecular complexity index is 916. The molecule has 0 bridgehead atoms. The van der Waals surface area contributed by atoms with Crippen molar-refractivity contribution in [2.75, 3.05) is 0 Å². The van der Waals surface area contributed by atoms with Gasteiger partial charge in [-0.3, -0.25) is 10.1 Å². The molecule has 3 aromatic rings. The molecule has 2 heterocycles. The number of nitrogens with zero attached hydrogens (tertiary/aromatic N) is 3. The average molecular weight is 314 g/mol. The molecule has 0 radical (unpaired) electrons. The lowest BCUT2D eigenvalue weighted by atomic mass is 10.1. The zero-order valence-corrected chi connectivity index (χ0v) is 12.3. The third-order valence-corrected chi connectivity index (χ3v) is 3.96. The van der Waals surface area contributed by atoms with Crippen LogP contribution in [0.1, 0.15) is 5.01 Å². The fourth-order valence-electron chi connectivity index (χ4n) is 2.06. The number of nitro benzene ring substituents is 1. The Labute approximate surface area is 128 Å². The van der Waals surface area contributed by atoms with Gasteiger partial charge in [-0.2, -0.15) is 4.98 Å². The van der Waals surface area contributed by atoms with Crippen LogP contribution in [0.3, 0.4) is 0 Å². The highest BCUT2D eigenvalue weighted by Crippen LogP contribution is 2.36. The van der Waals surface area contributed by atoms with Crippen molar-refractivity contribution in [1.82, 2.24) is 15.0 Å². The third kappa shape index (κ3) is 2.63. The second-order valence-corrected chi connectivity index (χ2v) is 5.70. The van der Waals surface area contributed by atoms with Crippen molar-refractivity contribution in [3.8, 4) is 21.8 Å². The van der Waals surface area contributed by atoms with E-state index in [2.05, 4.69) is 15.0 Å². The van der Waals surface area contributed by atoms with E-state index in [1.807, 2.05) is 6.92 Å². The van der Waals surface area contributed by atoms with E-state index in [-0.39, 0.29) is 5.69 Å². The van der Waals surface area contributed by atoms with Crippen LogP contribution in [-0.4, -0.2) is 19.9 Å². The van der Waals surface area contributed by atoms with Crippen LogP contribution >= 0.6 is 11.3 Å². The molecule has 2 aromatic heterocycles. The Balaban J connectivity index is 2.18. The molecule has 110 valence electrons. The quantitative estimate of drug-likeness (QED) is 0.591. The van der Waals surface area contributed by atoms with Crippen molar-refractivity contribution in [2.24, 2.45) is 0 Å². The molecule has 22 heavy (non-hydrogen) atoms. The van der Waals surface area contributed by atoms with E-state index < -0.39 is 10.6 Å². The first-order valence-corrected chi connectivity index (χ1v) is 7.14. The molecule has 3 rings (SSSR count). The van der Waals surface area contributed by atoms with Gasteiger partial charge in [0.05, 0.1) is 26.2 Å². The average Bonchev–Trinajstić information content (AvgIpc) is 2.89. The number of aromatic amines is 1. The first-order valence-electron chi connectivity index (χ1n) is 6.33. The summed E-state index contributed by atoms with van der Waals surface area (Å²) < 4.78 is 0. The van der Waals surface area contributed by atoms with Crippen LogP contribution in [0.5, 0.6) is 0 Å². The molecule has 0 saturated carbocycles. The Hall–Kier alpha value is -2.87. The van der Waals surface area contributed by atoms with Crippen molar-refractivity contribution in [3.05, 3.63) is 62.1 Å². The molecule has 0 aliphatic rings. The van der Waals surface area contributed by atoms with E-state index in [0.29, 0.717) is 21.8 Å². The molecule has 1 aromatic carbocycles. The largest absolute Gasteiger partial charge is 0.345 e. The van der Waals surface area contributed by atoms with Crippen LogP contribution in [0, 0.1) is 17.0 Å². The summed E-state index contributed by atoms with van der Waals surface area (Å²) in [6.45, 7) is 1.84. The van der Waals surface area contributed by atoms with E-state index in [1.165, 1.54) is 29.7 Å². The van der Waals surface area contributed by atoms with Gasteiger partial charge in [-0.1, -0.05) is 12.1 Å². The lowest BCUT2D eigenvalue weighted by Crippen LogP contribution is -2.09. The summed E-state index contributed by atoms with van der Waals surface area (Å²) in [6, 6.07) is 7.92. The molecule has 1 N–H and O–H groups in total. The summed E-state index contributed by atoms with van der Waals surface area (Å²) in [4.78, 5) is 33.4. The first kappa shape index (κ1) is 14.1. The fraction of sp³-hybridized carbons (Fsp3) is 0.0714. The van der Waals surface area contributed by atoms with Crippen LogP contribution in [-0.2, 0) is 0 Å². The highest BCUT2D eigenvalue weighted by atomic mass is 32.1. The van der Waals surface area contributed by atoms with Crippen LogP contribution in [0.15, 0.2) is 41.3 Å². The van der Waals surface area contributed by atoms with Crippen LogP contribution in [0.25, 0.3) is 21.8 Å². The molecular formula is C14H10N4O3S. The summed E-state index contributed by atoms with van der Waals surface area (Å²) in [5.41, 5.74) is 1.25. The van der Waals surface area contributed by atoms with Crippen molar-refractivity contribution < 1.29 is 4.92 Å². The number of nitrogens with one attached hydrogen (secondary N) is 1. The smallest absolute Gasteiger partial charge is 0.313 e. The number of aromatic nitrogens is 3. The van der Waals surface area contributed by atoms with Gasteiger partial charge < -0.3 is 4.98 Å². The standard InChI is InChI=1S/C14H10N4O3S/c1-8-16-12(9-3-2-4-10(7-9)18(20)21)13(22-8)11-5-6-15-14(19)17-11/h2-7H,1H3,(H,15,17,19). The zero-order chi connectivity index (χ0) is 15.7. The van der Waals surface area contributed by atoms with Gasteiger partial charge in [0.15, 0.2) is 0 Å². The molecule has 0 amide bonds. The molecule has 0 fully saturated rings. The predicted octanol–water partition coefficient (Wildman–Crippen LogP) is 2.78. The van der Waals surface area contributed by atoms with Crippen LogP contribution in [0.2, 0.25) is 0 Å². The number of hydrogen-bond donors (Lipinski definition) is 1. The van der Waals surface area contributed by atoms with E-state index >= 15 is 0 Å². The minimum absolute atomic E-state index is 0.00651. The minimum Gasteiger partial charge on any atom is -0.313 e. The maximum Gasteiger partial charge on any atom is 0.345 e. The zero-order valence-electron chi connectivity index (χ0n) is 11.4. The van der Waals surface area contributed by atoms with Gasteiger partial charge in [0.25, 0.3) is 5.69 Å². The van der Waals surface area contributed by atoms with E-state index in [0.717, 1.165) is 5.01 Å². The number of non-ortho nitro benzene ring substituents is 1. The number of hydrogen-bond acceptors (Lipinski definition) is 6. The summed E-state index contributed by atoms with van der Waals surface area (Å²) in [5.74, 6) is 0. The molecule has 0 aliphatic heterocycles. The number of thiazole rings is 1. The minimum atomic E-state index is -0.451. The predicted molar refractivity (Wildman–Crippen MR) is 82.8 cm³/mol. The van der Waals surface area contributed by atoms with E-state index in [4.69, 9.17) is 0 Å². The third-order valence-electron chi connectivity index (χ3n) is 2.97. The van der Waals surface area contributed by atoms with Gasteiger partial charge in [0.2, 0.25) is 0 Å². The van der Waals surface area contributed by atoms with Crippen molar-refractivity contribution in [2.45, 2.75) is 6.92 Å². The summed E-state index contributed by atoms with van der Waals surface area (Å²) in [6.07, 6.45) is 1.51. The van der Waals surface area contributed by atoms with Gasteiger partial charge >= 0.3 is 5.69 Å². The van der Waals surface area contributed by atoms with Crippen molar-refractivity contribution >= 4 is 17.0 Å². The second-order valence-electron chi connectivity index (χ2n) is 4.50. The number of rotatable bonds is 3. The van der Waals surface area contributed by atoms with Crippen molar-refractivity contribution in [1.29, 1.82) is 0 Å². The van der Waals surface area contributed by atoms with Gasteiger partial charge in [0, 0.05) is 23.9 Å². The molecule has 0 saturated heterocycles. The molecule has 0 unspecified atom stereocenters. The maximum absolute atomic E-state index is 11.4. The van der Waals surface area contributed by atoms with Crippen LogP contribution < -0.4 is 5.69 Å². The maximum atomic E-state index is 11.4. The SMILES string of the molecule is Cc1nc(-c2cccc([N+](=O)[O-])c2)c(-c2cc[nH]c(=O)n2)s1. The van der Waals surface area contributed by atoms with Gasteiger partial charge in [-0.15, -0.1) is 11.3 Å². The molecule has 7 nitrogen and oxygen atoms in total. The molecule has 0 spiro atoms. The van der Waals surface area contributed by atoms with Gasteiger partial charge in [0.1, 0.15) is 0 Å². The van der Waals surface area contributed by atoms with Crippen molar-refractivity contribution in [3.63, 3.8) is 0 Å². The summed E-state index contributed by atoms with van der Waals surface area (Å²) in [5, 5.41) is 11.7. The lowest BCUT2D eigenvalue weighted by Gasteiger charge is -2.02. The summed E-state index contributed by atoms with van der Waals surface area (Å²) >= 11 is 1.39. The molecule has 0 atom stereocenters. The number of aryl methyl sites for hydroxylation is 1. The Morgan fingerprint density at radius 3 is 2.82 bits per heavy atom. The van der Waals surface area contributed by atoms with Crippen LogP contribution in [0.4, 0.5) is 5.69 Å². The van der Waals surface area contributed by atoms with E-state index in [9.17, 15) is 14.9 Å². The number of nitro groups is 1. The Morgan fingerprint density at radius 1 is 1.27 bits per heavy atom. The van der Waals surface area contributed by atoms with Gasteiger partial charge in [-0.25, -0.2) is 9.78 Å².